The molecule has 0 aliphatic carbocycles. The molecule has 0 aliphatic heterocycles. The van der Waals surface area contributed by atoms with Crippen LogP contribution in [0.1, 0.15) is 23.7 Å². The van der Waals surface area contributed by atoms with Crippen molar-refractivity contribution >= 4 is 0 Å². The minimum absolute atomic E-state index is 0.229. The monoisotopic (exact) mass is 241 g/mol. The summed E-state index contributed by atoms with van der Waals surface area (Å²) in [5, 5.41) is 10.1. The summed E-state index contributed by atoms with van der Waals surface area (Å²) in [6.07, 6.45) is 1.08. The lowest BCUT2D eigenvalue weighted by molar-refractivity contribution is 0.142. The van der Waals surface area contributed by atoms with Crippen molar-refractivity contribution in [3.8, 4) is 0 Å². The fourth-order valence-electron chi connectivity index (χ4n) is 2.03. The van der Waals surface area contributed by atoms with Gasteiger partial charge in [0.1, 0.15) is 0 Å². The van der Waals surface area contributed by atoms with Crippen molar-refractivity contribution in [2.75, 3.05) is 0 Å². The van der Waals surface area contributed by atoms with E-state index in [1.54, 1.807) is 0 Å². The summed E-state index contributed by atoms with van der Waals surface area (Å²) < 4.78 is 0. The van der Waals surface area contributed by atoms with Gasteiger partial charge >= 0.3 is 0 Å². The molecule has 0 aromatic heterocycles. The average Bonchev–Trinajstić information content (AvgIpc) is 2.46. The number of benzene rings is 2. The third-order valence-corrected chi connectivity index (χ3v) is 3.16. The molecule has 0 amide bonds. The molecule has 0 fully saturated rings. The van der Waals surface area contributed by atoms with E-state index in [1.165, 1.54) is 5.56 Å². The minimum Gasteiger partial charge on any atom is -0.387 e. The molecule has 0 radical (unpaired) electrons. The Kier molecular flexibility index (Phi) is 4.51. The molecule has 0 bridgehead atoms. The van der Waals surface area contributed by atoms with E-state index in [9.17, 15) is 5.11 Å². The molecule has 2 aromatic carbocycles. The van der Waals surface area contributed by atoms with Crippen LogP contribution < -0.4 is 5.73 Å². The summed E-state index contributed by atoms with van der Waals surface area (Å²) in [4.78, 5) is 0. The van der Waals surface area contributed by atoms with E-state index in [0.717, 1.165) is 18.4 Å². The predicted octanol–water partition coefficient (Wildman–Crippen LogP) is 2.68. The summed E-state index contributed by atoms with van der Waals surface area (Å²) in [5.74, 6) is 0. The van der Waals surface area contributed by atoms with Crippen molar-refractivity contribution < 1.29 is 5.11 Å². The summed E-state index contributed by atoms with van der Waals surface area (Å²) in [5.41, 5.74) is 8.19. The van der Waals surface area contributed by atoms with Crippen molar-refractivity contribution in [2.24, 2.45) is 5.73 Å². The Labute approximate surface area is 108 Å². The van der Waals surface area contributed by atoms with Gasteiger partial charge < -0.3 is 10.8 Å². The molecule has 2 atom stereocenters. The zero-order chi connectivity index (χ0) is 12.8. The lowest BCUT2D eigenvalue weighted by Gasteiger charge is -2.19. The van der Waals surface area contributed by atoms with Crippen LogP contribution in [0.3, 0.4) is 0 Å². The summed E-state index contributed by atoms with van der Waals surface area (Å²) >= 11 is 0. The maximum atomic E-state index is 10.1. The Morgan fingerprint density at radius 1 is 0.889 bits per heavy atom. The molecule has 2 rings (SSSR count). The fraction of sp³-hybridized carbons (Fsp3) is 0.250. The molecular formula is C16H19NO. The van der Waals surface area contributed by atoms with Gasteiger partial charge in [-0.2, -0.15) is 0 Å². The highest BCUT2D eigenvalue weighted by molar-refractivity contribution is 5.19. The van der Waals surface area contributed by atoms with Crippen LogP contribution in [-0.4, -0.2) is 11.1 Å². The highest BCUT2D eigenvalue weighted by atomic mass is 16.3. The first-order chi connectivity index (χ1) is 8.77. The lowest BCUT2D eigenvalue weighted by Crippen LogP contribution is -2.28. The van der Waals surface area contributed by atoms with Gasteiger partial charge in [-0.1, -0.05) is 60.7 Å². The fourth-order valence-corrected chi connectivity index (χ4v) is 2.03. The average molecular weight is 241 g/mol. The zero-order valence-electron chi connectivity index (χ0n) is 10.4. The van der Waals surface area contributed by atoms with E-state index in [4.69, 9.17) is 5.73 Å². The normalized spacial score (nSPS) is 14.1. The first-order valence-electron chi connectivity index (χ1n) is 6.30. The number of aryl methyl sites for hydroxylation is 1. The second-order valence-corrected chi connectivity index (χ2v) is 4.54. The number of rotatable bonds is 5. The van der Waals surface area contributed by atoms with E-state index in [1.807, 2.05) is 48.5 Å². The van der Waals surface area contributed by atoms with Gasteiger partial charge in [-0.05, 0) is 24.0 Å². The second-order valence-electron chi connectivity index (χ2n) is 4.54. The third kappa shape index (κ3) is 3.42. The van der Waals surface area contributed by atoms with Gasteiger partial charge in [-0.3, -0.25) is 0 Å². The first kappa shape index (κ1) is 12.8. The molecule has 2 aromatic rings. The molecule has 3 N–H and O–H groups in total. The molecule has 0 heterocycles. The second kappa shape index (κ2) is 6.34. The van der Waals surface area contributed by atoms with Crippen LogP contribution in [0.15, 0.2) is 60.7 Å². The number of aliphatic hydroxyl groups is 1. The summed E-state index contributed by atoms with van der Waals surface area (Å²) in [6, 6.07) is 19.6. The minimum atomic E-state index is -0.588. The van der Waals surface area contributed by atoms with Crippen LogP contribution >= 0.6 is 0 Å². The molecule has 0 saturated carbocycles. The summed E-state index contributed by atoms with van der Waals surface area (Å²) in [7, 11) is 0. The Morgan fingerprint density at radius 3 is 2.06 bits per heavy atom. The van der Waals surface area contributed by atoms with E-state index in [2.05, 4.69) is 12.1 Å². The third-order valence-electron chi connectivity index (χ3n) is 3.16. The molecule has 0 spiro atoms. The molecule has 2 unspecified atom stereocenters. The van der Waals surface area contributed by atoms with Crippen LogP contribution in [0.4, 0.5) is 0 Å². The number of aliphatic hydroxyl groups excluding tert-OH is 1. The van der Waals surface area contributed by atoms with Gasteiger partial charge in [-0.15, -0.1) is 0 Å². The number of hydrogen-bond acceptors (Lipinski definition) is 2. The Bertz CT molecular complexity index is 455. The molecule has 2 heteroatoms. The molecule has 18 heavy (non-hydrogen) atoms. The van der Waals surface area contributed by atoms with E-state index >= 15 is 0 Å². The van der Waals surface area contributed by atoms with Gasteiger partial charge in [0.2, 0.25) is 0 Å². The maximum Gasteiger partial charge on any atom is 0.0940 e. The SMILES string of the molecule is NC(CCc1ccccc1)C(O)c1ccccc1. The van der Waals surface area contributed by atoms with Gasteiger partial charge in [0.25, 0.3) is 0 Å². The summed E-state index contributed by atoms with van der Waals surface area (Å²) in [6.45, 7) is 0. The standard InChI is InChI=1S/C16H19NO/c17-15(12-11-13-7-3-1-4-8-13)16(18)14-9-5-2-6-10-14/h1-10,15-16,18H,11-12,17H2. The molecule has 94 valence electrons. The van der Waals surface area contributed by atoms with Crippen LogP contribution in [0.2, 0.25) is 0 Å². The molecule has 0 aliphatic rings. The van der Waals surface area contributed by atoms with Crippen molar-refractivity contribution in [3.05, 3.63) is 71.8 Å². The van der Waals surface area contributed by atoms with Crippen LogP contribution in [-0.2, 0) is 6.42 Å². The number of hydrogen-bond donors (Lipinski definition) is 2. The van der Waals surface area contributed by atoms with Gasteiger partial charge in [-0.25, -0.2) is 0 Å². The quantitative estimate of drug-likeness (QED) is 0.845. The van der Waals surface area contributed by atoms with Crippen LogP contribution in [0.5, 0.6) is 0 Å². The molecule has 0 saturated heterocycles. The van der Waals surface area contributed by atoms with Gasteiger partial charge in [0.15, 0.2) is 0 Å². The Hall–Kier alpha value is -1.64. The van der Waals surface area contributed by atoms with Crippen molar-refractivity contribution in [1.29, 1.82) is 0 Å². The topological polar surface area (TPSA) is 46.2 Å². The molecule has 2 nitrogen and oxygen atoms in total. The van der Waals surface area contributed by atoms with Crippen LogP contribution in [0, 0.1) is 0 Å². The molecular weight excluding hydrogens is 222 g/mol. The van der Waals surface area contributed by atoms with Crippen molar-refractivity contribution in [2.45, 2.75) is 25.0 Å². The van der Waals surface area contributed by atoms with Crippen molar-refractivity contribution in [1.82, 2.24) is 0 Å². The maximum absolute atomic E-state index is 10.1. The first-order valence-corrected chi connectivity index (χ1v) is 6.30. The van der Waals surface area contributed by atoms with E-state index in [0.29, 0.717) is 0 Å². The number of nitrogens with two attached hydrogens (primary N) is 1. The highest BCUT2D eigenvalue weighted by Crippen LogP contribution is 2.18. The zero-order valence-corrected chi connectivity index (χ0v) is 10.4. The Morgan fingerprint density at radius 2 is 1.44 bits per heavy atom. The van der Waals surface area contributed by atoms with E-state index in [-0.39, 0.29) is 6.04 Å². The largest absolute Gasteiger partial charge is 0.387 e. The van der Waals surface area contributed by atoms with Crippen LogP contribution in [0.25, 0.3) is 0 Å². The van der Waals surface area contributed by atoms with Gasteiger partial charge in [0, 0.05) is 6.04 Å². The Balaban J connectivity index is 1.90. The van der Waals surface area contributed by atoms with Gasteiger partial charge in [0.05, 0.1) is 6.10 Å². The van der Waals surface area contributed by atoms with E-state index < -0.39 is 6.10 Å². The smallest absolute Gasteiger partial charge is 0.0940 e. The predicted molar refractivity (Wildman–Crippen MR) is 74.1 cm³/mol. The lowest BCUT2D eigenvalue weighted by atomic mass is 9.97. The highest BCUT2D eigenvalue weighted by Gasteiger charge is 2.16. The van der Waals surface area contributed by atoms with Crippen molar-refractivity contribution in [3.63, 3.8) is 0 Å².